The first-order valence-electron chi connectivity index (χ1n) is 11.1. The predicted octanol–water partition coefficient (Wildman–Crippen LogP) is 4.75. The smallest absolute Gasteiger partial charge is 0.325 e. The Balaban J connectivity index is 1.95. The molecule has 1 aliphatic carbocycles. The van der Waals surface area contributed by atoms with E-state index in [0.29, 0.717) is 23.5 Å². The largest absolute Gasteiger partial charge is 0.493 e. The molecule has 1 aromatic rings. The van der Waals surface area contributed by atoms with Crippen molar-refractivity contribution in [2.45, 2.75) is 83.5 Å². The third-order valence-electron chi connectivity index (χ3n) is 5.59. The van der Waals surface area contributed by atoms with Gasteiger partial charge in [0, 0.05) is 20.3 Å². The van der Waals surface area contributed by atoms with Crippen molar-refractivity contribution < 1.29 is 28.5 Å². The Kier molecular flexibility index (Phi) is 7.48. The minimum atomic E-state index is -1.28. The number of methoxy groups -OCH3 is 1. The summed E-state index contributed by atoms with van der Waals surface area (Å²) in [6.45, 7) is 5.18. The van der Waals surface area contributed by atoms with Gasteiger partial charge in [0.05, 0.1) is 19.1 Å². The van der Waals surface area contributed by atoms with Gasteiger partial charge in [-0.1, -0.05) is 25.3 Å². The zero-order valence-electron chi connectivity index (χ0n) is 18.9. The molecule has 1 saturated carbocycles. The number of esters is 2. The molecule has 1 atom stereocenters. The average molecular weight is 429 g/mol. The minimum absolute atomic E-state index is 0.142. The van der Waals surface area contributed by atoms with Crippen LogP contribution >= 0.6 is 0 Å². The van der Waals surface area contributed by atoms with Crippen molar-refractivity contribution in [2.24, 2.45) is 5.92 Å². The number of hydrogen-bond donors (Lipinski definition) is 0. The Morgan fingerprint density at radius 2 is 1.81 bits per heavy atom. The van der Waals surface area contributed by atoms with E-state index in [0.717, 1.165) is 38.5 Å². The summed E-state index contributed by atoms with van der Waals surface area (Å²) in [5.74, 6) is 3.13. The summed E-state index contributed by atoms with van der Waals surface area (Å²) in [6, 6.07) is 5.44. The fraction of sp³-hybridized carbons (Fsp3) is 0.600. The third kappa shape index (κ3) is 5.72. The van der Waals surface area contributed by atoms with Gasteiger partial charge in [-0.2, -0.15) is 0 Å². The van der Waals surface area contributed by atoms with Crippen molar-refractivity contribution in [1.82, 2.24) is 0 Å². The number of ether oxygens (including phenoxy) is 4. The summed E-state index contributed by atoms with van der Waals surface area (Å²) in [6.07, 6.45) is 7.10. The zero-order valence-corrected chi connectivity index (χ0v) is 18.9. The van der Waals surface area contributed by atoms with Crippen LogP contribution in [0.1, 0.15) is 77.2 Å². The number of hydrogen-bond acceptors (Lipinski definition) is 6. The molecule has 6 nitrogen and oxygen atoms in total. The molecule has 0 aromatic heterocycles. The van der Waals surface area contributed by atoms with Gasteiger partial charge in [0.1, 0.15) is 0 Å². The molecule has 1 saturated heterocycles. The van der Waals surface area contributed by atoms with Gasteiger partial charge in [-0.25, -0.2) is 0 Å². The van der Waals surface area contributed by atoms with Crippen LogP contribution in [0.2, 0.25) is 0 Å². The van der Waals surface area contributed by atoms with E-state index in [1.807, 2.05) is 12.1 Å². The molecule has 1 aromatic carbocycles. The van der Waals surface area contributed by atoms with Crippen LogP contribution in [0.4, 0.5) is 0 Å². The molecule has 0 N–H and O–H groups in total. The van der Waals surface area contributed by atoms with Gasteiger partial charge in [0.2, 0.25) is 0 Å². The van der Waals surface area contributed by atoms with E-state index in [-0.39, 0.29) is 6.10 Å². The molecule has 6 heteroatoms. The van der Waals surface area contributed by atoms with Crippen molar-refractivity contribution in [3.05, 3.63) is 23.8 Å². The van der Waals surface area contributed by atoms with E-state index >= 15 is 0 Å². The second-order valence-electron chi connectivity index (χ2n) is 8.56. The maximum atomic E-state index is 12.8. The molecule has 2 aliphatic rings. The summed E-state index contributed by atoms with van der Waals surface area (Å²) in [5.41, 5.74) is 0.705. The molecule has 1 unspecified atom stereocenters. The number of benzene rings is 1. The summed E-state index contributed by atoms with van der Waals surface area (Å²) in [5, 5.41) is 0. The SMILES string of the molecule is CCCCC#CC(c1ccc(OC)c(OC2CCCC2)c1)C1C(=O)OC(C)(C)OC1=O. The summed E-state index contributed by atoms with van der Waals surface area (Å²) in [4.78, 5) is 25.5. The molecule has 1 aliphatic heterocycles. The lowest BCUT2D eigenvalue weighted by molar-refractivity contribution is -0.240. The van der Waals surface area contributed by atoms with Crippen LogP contribution in [0.3, 0.4) is 0 Å². The molecule has 0 bridgehead atoms. The van der Waals surface area contributed by atoms with Crippen LogP contribution in [-0.2, 0) is 19.1 Å². The van der Waals surface area contributed by atoms with Gasteiger partial charge in [0.15, 0.2) is 17.4 Å². The fourth-order valence-corrected chi connectivity index (χ4v) is 3.97. The minimum Gasteiger partial charge on any atom is -0.493 e. The highest BCUT2D eigenvalue weighted by Crippen LogP contribution is 2.38. The molecule has 2 fully saturated rings. The maximum Gasteiger partial charge on any atom is 0.325 e. The number of unbranched alkanes of at least 4 members (excludes halogenated alkanes) is 2. The Hall–Kier alpha value is -2.68. The van der Waals surface area contributed by atoms with Crippen molar-refractivity contribution in [3.8, 4) is 23.3 Å². The third-order valence-corrected chi connectivity index (χ3v) is 5.59. The van der Waals surface area contributed by atoms with Crippen molar-refractivity contribution in [3.63, 3.8) is 0 Å². The van der Waals surface area contributed by atoms with Crippen molar-refractivity contribution in [2.75, 3.05) is 7.11 Å². The van der Waals surface area contributed by atoms with E-state index in [9.17, 15) is 9.59 Å². The molecule has 31 heavy (non-hydrogen) atoms. The second-order valence-corrected chi connectivity index (χ2v) is 8.56. The van der Waals surface area contributed by atoms with Crippen molar-refractivity contribution >= 4 is 11.9 Å². The van der Waals surface area contributed by atoms with Gasteiger partial charge in [-0.05, 0) is 49.8 Å². The van der Waals surface area contributed by atoms with E-state index in [2.05, 4.69) is 18.8 Å². The monoisotopic (exact) mass is 428 g/mol. The molecule has 3 rings (SSSR count). The normalized spacial score (nSPS) is 19.7. The summed E-state index contributed by atoms with van der Waals surface area (Å²) in [7, 11) is 1.59. The van der Waals surface area contributed by atoms with Gasteiger partial charge in [-0.3, -0.25) is 9.59 Å². The molecule has 0 amide bonds. The van der Waals surface area contributed by atoms with Gasteiger partial charge < -0.3 is 18.9 Å². The lowest BCUT2D eigenvalue weighted by atomic mass is 9.85. The number of rotatable bonds is 7. The van der Waals surface area contributed by atoms with E-state index < -0.39 is 29.6 Å². The number of carbonyl (C=O) groups excluding carboxylic acids is 2. The van der Waals surface area contributed by atoms with E-state index in [4.69, 9.17) is 18.9 Å². The number of carbonyl (C=O) groups is 2. The summed E-state index contributed by atoms with van der Waals surface area (Å²) >= 11 is 0. The maximum absolute atomic E-state index is 12.8. The lowest BCUT2D eigenvalue weighted by Crippen LogP contribution is -2.48. The highest BCUT2D eigenvalue weighted by molar-refractivity contribution is 5.98. The van der Waals surface area contributed by atoms with Gasteiger partial charge in [-0.15, -0.1) is 5.92 Å². The molecule has 0 radical (unpaired) electrons. The first-order valence-corrected chi connectivity index (χ1v) is 11.1. The quantitative estimate of drug-likeness (QED) is 0.270. The Labute approximate surface area is 184 Å². The van der Waals surface area contributed by atoms with E-state index in [1.54, 1.807) is 27.0 Å². The van der Waals surface area contributed by atoms with Crippen LogP contribution in [0.25, 0.3) is 0 Å². The summed E-state index contributed by atoms with van der Waals surface area (Å²) < 4.78 is 22.4. The van der Waals surface area contributed by atoms with Crippen LogP contribution in [-0.4, -0.2) is 30.9 Å². The molecule has 1 heterocycles. The highest BCUT2D eigenvalue weighted by Gasteiger charge is 2.47. The van der Waals surface area contributed by atoms with Crippen molar-refractivity contribution in [1.29, 1.82) is 0 Å². The van der Waals surface area contributed by atoms with Gasteiger partial charge >= 0.3 is 11.9 Å². The van der Waals surface area contributed by atoms with Crippen LogP contribution in [0, 0.1) is 17.8 Å². The molecular weight excluding hydrogens is 396 g/mol. The van der Waals surface area contributed by atoms with Crippen LogP contribution in [0.15, 0.2) is 18.2 Å². The highest BCUT2D eigenvalue weighted by atomic mass is 16.7. The van der Waals surface area contributed by atoms with E-state index in [1.165, 1.54) is 0 Å². The second kappa shape index (κ2) is 10.1. The standard InChI is InChI=1S/C25H32O6/c1-5-6-7-8-13-19(22-23(26)30-25(2,3)31-24(22)27)17-14-15-20(28-4)21(16-17)29-18-11-9-10-12-18/h14-16,18-19,22H,5-7,9-12H2,1-4H3. The lowest BCUT2D eigenvalue weighted by Gasteiger charge is -2.34. The first kappa shape index (κ1) is 23.0. The molecule has 0 spiro atoms. The average Bonchev–Trinajstić information content (AvgIpc) is 3.21. The predicted molar refractivity (Wildman–Crippen MR) is 116 cm³/mol. The van der Waals surface area contributed by atoms with Crippen LogP contribution < -0.4 is 9.47 Å². The van der Waals surface area contributed by atoms with Gasteiger partial charge in [0.25, 0.3) is 5.79 Å². The Bertz CT molecular complexity index is 836. The molecule has 168 valence electrons. The fourth-order valence-electron chi connectivity index (χ4n) is 3.97. The number of cyclic esters (lactones) is 2. The molecular formula is C25H32O6. The topological polar surface area (TPSA) is 71.1 Å². The Morgan fingerprint density at radius 1 is 1.13 bits per heavy atom. The Morgan fingerprint density at radius 3 is 2.42 bits per heavy atom. The zero-order chi connectivity index (χ0) is 22.4. The first-order chi connectivity index (χ1) is 14.8. The van der Waals surface area contributed by atoms with Crippen LogP contribution in [0.5, 0.6) is 11.5 Å².